The summed E-state index contributed by atoms with van der Waals surface area (Å²) in [5.74, 6) is -0.137. The summed E-state index contributed by atoms with van der Waals surface area (Å²) in [6, 6.07) is 13.8. The molecule has 0 saturated carbocycles. The molecule has 0 aliphatic rings. The van der Waals surface area contributed by atoms with Crippen molar-refractivity contribution in [1.29, 1.82) is 0 Å². The van der Waals surface area contributed by atoms with Crippen LogP contribution in [-0.4, -0.2) is 11.4 Å². The van der Waals surface area contributed by atoms with Gasteiger partial charge >= 0.3 is 0 Å². The molecule has 86 valence electrons. The normalized spacial score (nSPS) is 12.1. The van der Waals surface area contributed by atoms with Crippen molar-refractivity contribution in [2.24, 2.45) is 0 Å². The molecule has 0 spiro atoms. The highest BCUT2D eigenvalue weighted by atomic mass is 35.5. The molecule has 1 unspecified atom stereocenters. The fourth-order valence-electron chi connectivity index (χ4n) is 1.70. The van der Waals surface area contributed by atoms with E-state index in [0.717, 1.165) is 17.4 Å². The second-order valence-electron chi connectivity index (χ2n) is 3.76. The molecule has 17 heavy (non-hydrogen) atoms. The van der Waals surface area contributed by atoms with E-state index in [0.29, 0.717) is 5.02 Å². The molecule has 0 bridgehead atoms. The Labute approximate surface area is 104 Å². The zero-order valence-corrected chi connectivity index (χ0v) is 9.76. The van der Waals surface area contributed by atoms with Crippen LogP contribution in [-0.2, 0) is 4.79 Å². The Morgan fingerprint density at radius 3 is 1.88 bits per heavy atom. The molecule has 0 saturated heterocycles. The van der Waals surface area contributed by atoms with Gasteiger partial charge in [-0.2, -0.15) is 0 Å². The van der Waals surface area contributed by atoms with Crippen LogP contribution in [0.4, 0.5) is 0 Å². The highest BCUT2D eigenvalue weighted by Gasteiger charge is 2.12. The van der Waals surface area contributed by atoms with Crippen LogP contribution >= 0.6 is 11.6 Å². The molecule has 2 rings (SSSR count). The number of carbonyl (C=O) groups excluding carboxylic acids is 1. The number of hydrogen-bond donors (Lipinski definition) is 1. The largest absolute Gasteiger partial charge is 0.508 e. The first-order valence-electron chi connectivity index (χ1n) is 5.20. The van der Waals surface area contributed by atoms with Gasteiger partial charge in [-0.15, -0.1) is 0 Å². The first-order chi connectivity index (χ1) is 8.20. The summed E-state index contributed by atoms with van der Waals surface area (Å²) in [6.45, 7) is 0. The summed E-state index contributed by atoms with van der Waals surface area (Å²) in [5.41, 5.74) is 1.73. The van der Waals surface area contributed by atoms with Gasteiger partial charge < -0.3 is 9.90 Å². The van der Waals surface area contributed by atoms with E-state index in [1.807, 2.05) is 12.1 Å². The topological polar surface area (TPSA) is 37.3 Å². The molecule has 0 aromatic heterocycles. The van der Waals surface area contributed by atoms with Crippen molar-refractivity contribution in [3.8, 4) is 5.75 Å². The van der Waals surface area contributed by atoms with Crippen LogP contribution in [0.2, 0.25) is 5.02 Å². The van der Waals surface area contributed by atoms with Crippen molar-refractivity contribution in [1.82, 2.24) is 0 Å². The van der Waals surface area contributed by atoms with Crippen molar-refractivity contribution in [3.05, 3.63) is 64.7 Å². The van der Waals surface area contributed by atoms with E-state index in [1.165, 1.54) is 0 Å². The van der Waals surface area contributed by atoms with Gasteiger partial charge in [-0.25, -0.2) is 0 Å². The lowest BCUT2D eigenvalue weighted by atomic mass is 9.93. The third kappa shape index (κ3) is 2.66. The zero-order chi connectivity index (χ0) is 12.3. The van der Waals surface area contributed by atoms with Crippen LogP contribution in [0.1, 0.15) is 17.0 Å². The molecule has 2 aromatic rings. The molecule has 1 atom stereocenters. The molecule has 1 N–H and O–H groups in total. The van der Waals surface area contributed by atoms with Crippen LogP contribution in [0.25, 0.3) is 0 Å². The van der Waals surface area contributed by atoms with E-state index in [4.69, 9.17) is 11.6 Å². The van der Waals surface area contributed by atoms with E-state index in [9.17, 15) is 9.90 Å². The number of benzene rings is 2. The predicted molar refractivity (Wildman–Crippen MR) is 67.5 cm³/mol. The molecule has 0 aliphatic heterocycles. The maximum atomic E-state index is 11.2. The van der Waals surface area contributed by atoms with Crippen molar-refractivity contribution >= 4 is 17.9 Å². The van der Waals surface area contributed by atoms with Crippen LogP contribution in [0.15, 0.2) is 48.5 Å². The van der Waals surface area contributed by atoms with Gasteiger partial charge in [0.05, 0.1) is 5.92 Å². The molecule has 2 aromatic carbocycles. The summed E-state index contributed by atoms with van der Waals surface area (Å²) < 4.78 is 0. The van der Waals surface area contributed by atoms with Gasteiger partial charge in [-0.05, 0) is 35.4 Å². The molecular formula is C14H11ClO2. The van der Waals surface area contributed by atoms with Gasteiger partial charge in [-0.3, -0.25) is 0 Å². The van der Waals surface area contributed by atoms with Crippen molar-refractivity contribution < 1.29 is 9.90 Å². The SMILES string of the molecule is O=CC(c1ccc(O)cc1)c1ccc(Cl)cc1. The zero-order valence-electron chi connectivity index (χ0n) is 9.01. The quantitative estimate of drug-likeness (QED) is 0.843. The Kier molecular flexibility index (Phi) is 3.45. The summed E-state index contributed by atoms with van der Waals surface area (Å²) in [5, 5.41) is 9.86. The average Bonchev–Trinajstić information content (AvgIpc) is 2.35. The summed E-state index contributed by atoms with van der Waals surface area (Å²) in [6.07, 6.45) is 0.885. The second kappa shape index (κ2) is 5.02. The first kappa shape index (κ1) is 11.7. The smallest absolute Gasteiger partial charge is 0.131 e. The molecular weight excluding hydrogens is 236 g/mol. The maximum absolute atomic E-state index is 11.2. The van der Waals surface area contributed by atoms with Crippen LogP contribution in [0.3, 0.4) is 0 Å². The molecule has 3 heteroatoms. The number of carbonyl (C=O) groups is 1. The van der Waals surface area contributed by atoms with Gasteiger partial charge in [0.1, 0.15) is 12.0 Å². The highest BCUT2D eigenvalue weighted by molar-refractivity contribution is 6.30. The summed E-state index contributed by atoms with van der Waals surface area (Å²) >= 11 is 5.80. The van der Waals surface area contributed by atoms with Gasteiger partial charge in [0.15, 0.2) is 0 Å². The molecule has 0 aliphatic carbocycles. The van der Waals surface area contributed by atoms with Gasteiger partial charge in [0.2, 0.25) is 0 Å². The van der Waals surface area contributed by atoms with Crippen LogP contribution in [0, 0.1) is 0 Å². The number of halogens is 1. The van der Waals surface area contributed by atoms with Crippen molar-refractivity contribution in [3.63, 3.8) is 0 Å². The lowest BCUT2D eigenvalue weighted by molar-refractivity contribution is -0.108. The number of aldehydes is 1. The molecule has 2 nitrogen and oxygen atoms in total. The average molecular weight is 247 g/mol. The lowest BCUT2D eigenvalue weighted by Gasteiger charge is -2.11. The van der Waals surface area contributed by atoms with Crippen molar-refractivity contribution in [2.45, 2.75) is 5.92 Å². The molecule has 0 amide bonds. The third-order valence-corrected chi connectivity index (χ3v) is 2.87. The number of aromatic hydroxyl groups is 1. The van der Waals surface area contributed by atoms with Gasteiger partial charge in [0, 0.05) is 5.02 Å². The van der Waals surface area contributed by atoms with Gasteiger partial charge in [-0.1, -0.05) is 35.9 Å². The Morgan fingerprint density at radius 2 is 1.41 bits per heavy atom. The summed E-state index contributed by atoms with van der Waals surface area (Å²) in [7, 11) is 0. The Balaban J connectivity index is 2.36. The number of rotatable bonds is 3. The fourth-order valence-corrected chi connectivity index (χ4v) is 1.83. The monoisotopic (exact) mass is 246 g/mol. The first-order valence-corrected chi connectivity index (χ1v) is 5.58. The predicted octanol–water partition coefficient (Wildman–Crippen LogP) is 3.38. The minimum Gasteiger partial charge on any atom is -0.508 e. The Morgan fingerprint density at radius 1 is 0.941 bits per heavy atom. The van der Waals surface area contributed by atoms with Gasteiger partial charge in [0.25, 0.3) is 0 Å². The number of hydrogen-bond acceptors (Lipinski definition) is 2. The standard InChI is InChI=1S/C14H11ClO2/c15-12-5-1-10(2-6-12)14(9-16)11-3-7-13(17)8-4-11/h1-9,14,17H. The third-order valence-electron chi connectivity index (χ3n) is 2.62. The molecule has 0 radical (unpaired) electrons. The van der Waals surface area contributed by atoms with Crippen LogP contribution < -0.4 is 0 Å². The fraction of sp³-hybridized carbons (Fsp3) is 0.0714. The van der Waals surface area contributed by atoms with E-state index < -0.39 is 0 Å². The highest BCUT2D eigenvalue weighted by Crippen LogP contribution is 2.25. The molecule has 0 fully saturated rings. The van der Waals surface area contributed by atoms with E-state index in [1.54, 1.807) is 36.4 Å². The minimum atomic E-state index is -0.326. The summed E-state index contributed by atoms with van der Waals surface area (Å²) in [4.78, 5) is 11.2. The second-order valence-corrected chi connectivity index (χ2v) is 4.19. The number of phenols is 1. The Hall–Kier alpha value is -1.80. The lowest BCUT2D eigenvalue weighted by Crippen LogP contribution is -2.01. The van der Waals surface area contributed by atoms with E-state index in [-0.39, 0.29) is 11.7 Å². The van der Waals surface area contributed by atoms with E-state index in [2.05, 4.69) is 0 Å². The Bertz CT molecular complexity index is 457. The number of phenolic OH excluding ortho intramolecular Hbond substituents is 1. The maximum Gasteiger partial charge on any atom is 0.131 e. The minimum absolute atomic E-state index is 0.189. The molecule has 0 heterocycles. The van der Waals surface area contributed by atoms with Crippen LogP contribution in [0.5, 0.6) is 5.75 Å². The van der Waals surface area contributed by atoms with E-state index >= 15 is 0 Å². The van der Waals surface area contributed by atoms with Crippen molar-refractivity contribution in [2.75, 3.05) is 0 Å².